The Morgan fingerprint density at radius 3 is 2.82 bits per heavy atom. The fourth-order valence-electron chi connectivity index (χ4n) is 1.51. The summed E-state index contributed by atoms with van der Waals surface area (Å²) >= 11 is 0. The van der Waals surface area contributed by atoms with Crippen LogP contribution in [-0.2, 0) is 6.54 Å². The third-order valence-corrected chi connectivity index (χ3v) is 2.57. The van der Waals surface area contributed by atoms with E-state index in [-0.39, 0.29) is 5.95 Å². The number of hydrogen-bond donors (Lipinski definition) is 2. The number of hydrogen-bond acceptors (Lipinski definition) is 5. The quantitative estimate of drug-likeness (QED) is 0.837. The van der Waals surface area contributed by atoms with Crippen LogP contribution in [0.2, 0.25) is 0 Å². The minimum Gasteiger partial charge on any atom is -0.368 e. The van der Waals surface area contributed by atoms with E-state index < -0.39 is 0 Å². The van der Waals surface area contributed by atoms with Gasteiger partial charge in [0.15, 0.2) is 0 Å². The summed E-state index contributed by atoms with van der Waals surface area (Å²) in [6, 6.07) is 1.99. The monoisotopic (exact) mass is 229 g/mol. The molecule has 0 aromatic carbocycles. The van der Waals surface area contributed by atoms with Gasteiger partial charge in [-0.1, -0.05) is 0 Å². The zero-order valence-electron chi connectivity index (χ0n) is 9.94. The molecule has 0 aliphatic carbocycles. The third kappa shape index (κ3) is 2.69. The summed E-state index contributed by atoms with van der Waals surface area (Å²) in [4.78, 5) is 12.1. The summed E-state index contributed by atoms with van der Waals surface area (Å²) in [6.45, 7) is 4.68. The van der Waals surface area contributed by atoms with Crippen LogP contribution in [0, 0.1) is 13.8 Å². The first-order valence-corrected chi connectivity index (χ1v) is 5.39. The average molecular weight is 229 g/mol. The van der Waals surface area contributed by atoms with E-state index in [0.717, 1.165) is 16.9 Å². The van der Waals surface area contributed by atoms with E-state index in [2.05, 4.69) is 20.3 Å². The molecule has 0 radical (unpaired) electrons. The Morgan fingerprint density at radius 2 is 2.06 bits per heavy atom. The molecule has 3 N–H and O–H groups in total. The lowest BCUT2D eigenvalue weighted by Gasteiger charge is -2.10. The number of nitrogens with one attached hydrogen (secondary N) is 1. The molecule has 0 saturated carbocycles. The number of nitrogens with two attached hydrogens (primary N) is 1. The Morgan fingerprint density at radius 1 is 1.24 bits per heavy atom. The van der Waals surface area contributed by atoms with Gasteiger partial charge in [0, 0.05) is 30.7 Å². The Hall–Kier alpha value is -2.17. The molecule has 0 aliphatic rings. The molecule has 0 spiro atoms. The first-order chi connectivity index (χ1) is 8.16. The van der Waals surface area contributed by atoms with E-state index in [1.165, 1.54) is 5.56 Å². The number of aromatic nitrogens is 3. The van der Waals surface area contributed by atoms with Gasteiger partial charge in [-0.15, -0.1) is 0 Å². The molecule has 5 nitrogen and oxygen atoms in total. The van der Waals surface area contributed by atoms with Gasteiger partial charge in [0.1, 0.15) is 5.82 Å². The zero-order valence-corrected chi connectivity index (χ0v) is 9.94. The number of rotatable bonds is 3. The average Bonchev–Trinajstić information content (AvgIpc) is 2.32. The van der Waals surface area contributed by atoms with Crippen molar-refractivity contribution in [1.82, 2.24) is 15.0 Å². The molecule has 2 heterocycles. The number of aryl methyl sites for hydroxylation is 2. The van der Waals surface area contributed by atoms with Gasteiger partial charge in [-0.3, -0.25) is 4.98 Å². The van der Waals surface area contributed by atoms with Gasteiger partial charge >= 0.3 is 0 Å². The molecule has 2 rings (SSSR count). The van der Waals surface area contributed by atoms with Crippen LogP contribution in [-0.4, -0.2) is 15.0 Å². The first kappa shape index (κ1) is 11.3. The van der Waals surface area contributed by atoms with E-state index in [1.807, 2.05) is 26.1 Å². The number of nitrogens with zero attached hydrogens (tertiary/aromatic N) is 3. The molecule has 2 aromatic rings. The lowest BCUT2D eigenvalue weighted by atomic mass is 10.1. The molecule has 2 aromatic heterocycles. The normalized spacial score (nSPS) is 10.2. The summed E-state index contributed by atoms with van der Waals surface area (Å²) in [5.41, 5.74) is 8.88. The first-order valence-electron chi connectivity index (χ1n) is 5.39. The van der Waals surface area contributed by atoms with Crippen molar-refractivity contribution in [2.24, 2.45) is 0 Å². The fraction of sp³-hybridized carbons (Fsp3) is 0.250. The Kier molecular flexibility index (Phi) is 3.18. The van der Waals surface area contributed by atoms with Gasteiger partial charge < -0.3 is 11.1 Å². The van der Waals surface area contributed by atoms with Crippen LogP contribution in [0.25, 0.3) is 0 Å². The molecule has 0 atom stereocenters. The maximum atomic E-state index is 5.55. The fourth-order valence-corrected chi connectivity index (χ4v) is 1.51. The van der Waals surface area contributed by atoms with Gasteiger partial charge in [0.25, 0.3) is 0 Å². The number of anilines is 2. The van der Waals surface area contributed by atoms with Crippen LogP contribution in [0.5, 0.6) is 0 Å². The molecule has 0 bridgehead atoms. The maximum Gasteiger partial charge on any atom is 0.221 e. The highest BCUT2D eigenvalue weighted by molar-refractivity contribution is 5.45. The SMILES string of the molecule is Cc1cnccc1CNc1nc(N)ncc1C. The molecular weight excluding hydrogens is 214 g/mol. The summed E-state index contributed by atoms with van der Waals surface area (Å²) in [5.74, 6) is 1.05. The largest absolute Gasteiger partial charge is 0.368 e. The molecule has 88 valence electrons. The second-order valence-corrected chi connectivity index (χ2v) is 3.92. The highest BCUT2D eigenvalue weighted by Crippen LogP contribution is 2.13. The van der Waals surface area contributed by atoms with Crippen LogP contribution in [0.4, 0.5) is 11.8 Å². The Balaban J connectivity index is 2.12. The Bertz CT molecular complexity index is 524. The third-order valence-electron chi connectivity index (χ3n) is 2.57. The van der Waals surface area contributed by atoms with E-state index in [1.54, 1.807) is 12.4 Å². The zero-order chi connectivity index (χ0) is 12.3. The van der Waals surface area contributed by atoms with E-state index in [4.69, 9.17) is 5.73 Å². The molecular formula is C12H15N5. The lowest BCUT2D eigenvalue weighted by molar-refractivity contribution is 1.04. The van der Waals surface area contributed by atoms with E-state index in [0.29, 0.717) is 6.54 Å². The van der Waals surface area contributed by atoms with E-state index in [9.17, 15) is 0 Å². The molecule has 0 fully saturated rings. The molecule has 17 heavy (non-hydrogen) atoms. The van der Waals surface area contributed by atoms with Gasteiger partial charge in [0.2, 0.25) is 5.95 Å². The van der Waals surface area contributed by atoms with Crippen LogP contribution in [0.15, 0.2) is 24.7 Å². The van der Waals surface area contributed by atoms with E-state index >= 15 is 0 Å². The van der Waals surface area contributed by atoms with Crippen LogP contribution < -0.4 is 11.1 Å². The van der Waals surface area contributed by atoms with Crippen molar-refractivity contribution in [1.29, 1.82) is 0 Å². The lowest BCUT2D eigenvalue weighted by Crippen LogP contribution is -2.07. The summed E-state index contributed by atoms with van der Waals surface area (Å²) < 4.78 is 0. The maximum absolute atomic E-state index is 5.55. The number of pyridine rings is 1. The Labute approximate surface area is 100 Å². The molecule has 0 unspecified atom stereocenters. The van der Waals surface area contributed by atoms with Crippen molar-refractivity contribution >= 4 is 11.8 Å². The van der Waals surface area contributed by atoms with Gasteiger partial charge in [-0.2, -0.15) is 4.98 Å². The molecule has 5 heteroatoms. The topological polar surface area (TPSA) is 76.7 Å². The predicted molar refractivity (Wildman–Crippen MR) is 67.5 cm³/mol. The molecule has 0 amide bonds. The van der Waals surface area contributed by atoms with Crippen LogP contribution in [0.1, 0.15) is 16.7 Å². The van der Waals surface area contributed by atoms with Gasteiger partial charge in [-0.25, -0.2) is 4.98 Å². The smallest absolute Gasteiger partial charge is 0.221 e. The second kappa shape index (κ2) is 4.78. The summed E-state index contributed by atoms with van der Waals surface area (Å²) in [5, 5.41) is 3.25. The second-order valence-electron chi connectivity index (χ2n) is 3.92. The van der Waals surface area contributed by atoms with Gasteiger partial charge in [0.05, 0.1) is 0 Å². The summed E-state index contributed by atoms with van der Waals surface area (Å²) in [6.07, 6.45) is 5.34. The minimum absolute atomic E-state index is 0.282. The van der Waals surface area contributed by atoms with Crippen LogP contribution in [0.3, 0.4) is 0 Å². The minimum atomic E-state index is 0.282. The van der Waals surface area contributed by atoms with Crippen molar-refractivity contribution in [2.75, 3.05) is 11.1 Å². The van der Waals surface area contributed by atoms with Crippen molar-refractivity contribution in [2.45, 2.75) is 20.4 Å². The summed E-state index contributed by atoms with van der Waals surface area (Å²) in [7, 11) is 0. The van der Waals surface area contributed by atoms with Crippen molar-refractivity contribution < 1.29 is 0 Å². The predicted octanol–water partition coefficient (Wildman–Crippen LogP) is 1.68. The van der Waals surface area contributed by atoms with Gasteiger partial charge in [-0.05, 0) is 31.0 Å². The molecule has 0 aliphatic heterocycles. The standard InChI is InChI=1S/C12H15N5/c1-8-5-14-4-3-10(8)7-15-11-9(2)6-16-12(13)17-11/h3-6H,7H2,1-2H3,(H3,13,15,16,17). The van der Waals surface area contributed by atoms with Crippen molar-refractivity contribution in [3.63, 3.8) is 0 Å². The molecule has 0 saturated heterocycles. The highest BCUT2D eigenvalue weighted by atomic mass is 15.1. The van der Waals surface area contributed by atoms with Crippen LogP contribution >= 0.6 is 0 Å². The number of nitrogen functional groups attached to an aromatic ring is 1. The van der Waals surface area contributed by atoms with Crippen molar-refractivity contribution in [3.05, 3.63) is 41.3 Å². The van der Waals surface area contributed by atoms with Crippen molar-refractivity contribution in [3.8, 4) is 0 Å². The highest BCUT2D eigenvalue weighted by Gasteiger charge is 2.02.